The molecule has 6 nitrogen and oxygen atoms in total. The number of nitrogens with zero attached hydrogens (tertiary/aromatic N) is 1. The van der Waals surface area contributed by atoms with Crippen molar-refractivity contribution in [1.29, 1.82) is 0 Å². The lowest BCUT2D eigenvalue weighted by Gasteiger charge is -2.21. The fourth-order valence-corrected chi connectivity index (χ4v) is 3.75. The molecule has 2 heterocycles. The topological polar surface area (TPSA) is 57.2 Å². The average Bonchev–Trinajstić information content (AvgIpc) is 3.35. The third kappa shape index (κ3) is 3.05. The Morgan fingerprint density at radius 3 is 2.63 bits per heavy atom. The second-order valence-electron chi connectivity index (χ2n) is 6.75. The molecule has 1 amide bonds. The largest absolute Gasteiger partial charge is 0.493 e. The van der Waals surface area contributed by atoms with E-state index in [0.717, 1.165) is 41.0 Å². The van der Waals surface area contributed by atoms with E-state index in [2.05, 4.69) is 6.07 Å². The second-order valence-corrected chi connectivity index (χ2v) is 6.75. The van der Waals surface area contributed by atoms with Gasteiger partial charge in [0.25, 0.3) is 5.91 Å². The number of methoxy groups -OCH3 is 2. The van der Waals surface area contributed by atoms with Crippen molar-refractivity contribution in [2.24, 2.45) is 0 Å². The zero-order valence-electron chi connectivity index (χ0n) is 15.8. The summed E-state index contributed by atoms with van der Waals surface area (Å²) >= 11 is 0. The van der Waals surface area contributed by atoms with Crippen LogP contribution in [0.3, 0.4) is 0 Å². The van der Waals surface area contributed by atoms with E-state index in [-0.39, 0.29) is 5.91 Å². The predicted octanol–water partition coefficient (Wildman–Crippen LogP) is 2.85. The van der Waals surface area contributed by atoms with Crippen LogP contribution in [0.1, 0.15) is 27.0 Å². The fraction of sp³-hybridized carbons (Fsp3) is 0.381. The van der Waals surface area contributed by atoms with Crippen molar-refractivity contribution in [3.05, 3.63) is 46.5 Å². The van der Waals surface area contributed by atoms with Gasteiger partial charge >= 0.3 is 0 Å². The maximum Gasteiger partial charge on any atom is 0.254 e. The summed E-state index contributed by atoms with van der Waals surface area (Å²) in [4.78, 5) is 14.7. The molecular formula is C21H23NO5. The summed E-state index contributed by atoms with van der Waals surface area (Å²) in [5, 5.41) is 0. The van der Waals surface area contributed by atoms with Gasteiger partial charge in [0.05, 0.1) is 27.4 Å². The summed E-state index contributed by atoms with van der Waals surface area (Å²) in [6, 6.07) is 7.29. The van der Waals surface area contributed by atoms with Crippen LogP contribution >= 0.6 is 0 Å². The summed E-state index contributed by atoms with van der Waals surface area (Å²) < 4.78 is 22.2. The first-order chi connectivity index (χ1) is 13.1. The monoisotopic (exact) mass is 369 g/mol. The fourth-order valence-electron chi connectivity index (χ4n) is 3.75. The molecule has 0 atom stereocenters. The van der Waals surface area contributed by atoms with Gasteiger partial charge in [-0.15, -0.1) is 0 Å². The van der Waals surface area contributed by atoms with E-state index in [4.69, 9.17) is 18.9 Å². The summed E-state index contributed by atoms with van der Waals surface area (Å²) in [6.07, 6.45) is 1.73. The molecule has 4 rings (SSSR count). The maximum atomic E-state index is 13.0. The van der Waals surface area contributed by atoms with Gasteiger partial charge in [-0.1, -0.05) is 0 Å². The van der Waals surface area contributed by atoms with Gasteiger partial charge in [0.1, 0.15) is 11.5 Å². The standard InChI is InChI=1S/C21H23NO5/c1-22(21(23)14-4-5-17(24-2)19(11-14)25-3)12-16-15-7-9-26-18(15)10-13-6-8-27-20(13)16/h4-5,10-11H,6-9,12H2,1-3H3. The smallest absolute Gasteiger partial charge is 0.254 e. The molecule has 2 aliphatic heterocycles. The van der Waals surface area contributed by atoms with Crippen LogP contribution in [0.5, 0.6) is 23.0 Å². The van der Waals surface area contributed by atoms with Crippen LogP contribution in [0, 0.1) is 0 Å². The second kappa shape index (κ2) is 7.02. The van der Waals surface area contributed by atoms with E-state index in [9.17, 15) is 4.79 Å². The van der Waals surface area contributed by atoms with Crippen molar-refractivity contribution in [3.8, 4) is 23.0 Å². The first-order valence-corrected chi connectivity index (χ1v) is 9.03. The van der Waals surface area contributed by atoms with Crippen LogP contribution in [-0.4, -0.2) is 45.3 Å². The zero-order valence-corrected chi connectivity index (χ0v) is 15.8. The number of ether oxygens (including phenoxy) is 4. The van der Waals surface area contributed by atoms with Crippen molar-refractivity contribution in [2.45, 2.75) is 19.4 Å². The summed E-state index contributed by atoms with van der Waals surface area (Å²) in [7, 11) is 4.93. The van der Waals surface area contributed by atoms with Gasteiger partial charge < -0.3 is 23.8 Å². The van der Waals surface area contributed by atoms with Gasteiger partial charge in [-0.2, -0.15) is 0 Å². The van der Waals surface area contributed by atoms with E-state index in [1.54, 1.807) is 44.4 Å². The third-order valence-electron chi connectivity index (χ3n) is 5.13. The summed E-state index contributed by atoms with van der Waals surface area (Å²) in [5.74, 6) is 2.91. The molecule has 0 aliphatic carbocycles. The maximum absolute atomic E-state index is 13.0. The third-order valence-corrected chi connectivity index (χ3v) is 5.13. The number of benzene rings is 2. The molecule has 0 aromatic heterocycles. The highest BCUT2D eigenvalue weighted by Gasteiger charge is 2.28. The normalized spacial score (nSPS) is 14.0. The summed E-state index contributed by atoms with van der Waals surface area (Å²) in [6.45, 7) is 1.83. The van der Waals surface area contributed by atoms with Crippen molar-refractivity contribution in [3.63, 3.8) is 0 Å². The lowest BCUT2D eigenvalue weighted by molar-refractivity contribution is 0.0783. The molecule has 0 saturated carbocycles. The number of carbonyl (C=O) groups excluding carboxylic acids is 1. The molecule has 27 heavy (non-hydrogen) atoms. The van der Waals surface area contributed by atoms with Crippen LogP contribution in [0.25, 0.3) is 0 Å². The Morgan fingerprint density at radius 1 is 1.07 bits per heavy atom. The molecule has 0 spiro atoms. The summed E-state index contributed by atoms with van der Waals surface area (Å²) in [5.41, 5.74) is 3.94. The number of hydrogen-bond acceptors (Lipinski definition) is 5. The van der Waals surface area contributed by atoms with E-state index in [1.807, 2.05) is 0 Å². The molecule has 2 aliphatic rings. The molecule has 6 heteroatoms. The minimum Gasteiger partial charge on any atom is -0.493 e. The van der Waals surface area contributed by atoms with Crippen LogP contribution in [0.2, 0.25) is 0 Å². The minimum atomic E-state index is -0.0841. The van der Waals surface area contributed by atoms with E-state index >= 15 is 0 Å². The Kier molecular flexibility index (Phi) is 4.56. The quantitative estimate of drug-likeness (QED) is 0.811. The number of fused-ring (bicyclic) bond motifs is 2. The highest BCUT2D eigenvalue weighted by atomic mass is 16.5. The molecule has 0 saturated heterocycles. The van der Waals surface area contributed by atoms with Crippen molar-refractivity contribution in [2.75, 3.05) is 34.5 Å². The van der Waals surface area contributed by atoms with Crippen molar-refractivity contribution < 1.29 is 23.7 Å². The van der Waals surface area contributed by atoms with E-state index < -0.39 is 0 Å². The SMILES string of the molecule is COc1ccc(C(=O)N(C)Cc2c3c(cc4c2OCC4)OCC3)cc1OC. The zero-order chi connectivity index (χ0) is 19.0. The molecular weight excluding hydrogens is 346 g/mol. The lowest BCUT2D eigenvalue weighted by atomic mass is 9.99. The Bertz CT molecular complexity index is 860. The van der Waals surface area contributed by atoms with Crippen molar-refractivity contribution >= 4 is 5.91 Å². The van der Waals surface area contributed by atoms with Crippen LogP contribution in [0.15, 0.2) is 24.3 Å². The van der Waals surface area contributed by atoms with Gasteiger partial charge in [-0.05, 0) is 24.3 Å². The number of hydrogen-bond donors (Lipinski definition) is 0. The molecule has 0 bridgehead atoms. The first-order valence-electron chi connectivity index (χ1n) is 9.03. The Labute approximate surface area is 158 Å². The minimum absolute atomic E-state index is 0.0841. The van der Waals surface area contributed by atoms with Crippen LogP contribution in [-0.2, 0) is 19.4 Å². The number of amides is 1. The average molecular weight is 369 g/mol. The molecule has 0 fully saturated rings. The Hall–Kier alpha value is -2.89. The lowest BCUT2D eigenvalue weighted by Crippen LogP contribution is -2.27. The van der Waals surface area contributed by atoms with Gasteiger partial charge in [0.15, 0.2) is 11.5 Å². The first kappa shape index (κ1) is 17.5. The molecule has 0 unspecified atom stereocenters. The predicted molar refractivity (Wildman–Crippen MR) is 100 cm³/mol. The molecule has 142 valence electrons. The molecule has 2 aromatic rings. The van der Waals surface area contributed by atoms with Gasteiger partial charge in [0, 0.05) is 48.7 Å². The van der Waals surface area contributed by atoms with Crippen LogP contribution in [0.4, 0.5) is 0 Å². The van der Waals surface area contributed by atoms with Gasteiger partial charge in [-0.3, -0.25) is 4.79 Å². The Balaban J connectivity index is 1.62. The van der Waals surface area contributed by atoms with Crippen molar-refractivity contribution in [1.82, 2.24) is 4.90 Å². The molecule has 2 aromatic carbocycles. The van der Waals surface area contributed by atoms with Gasteiger partial charge in [-0.25, -0.2) is 0 Å². The van der Waals surface area contributed by atoms with Gasteiger partial charge in [0.2, 0.25) is 0 Å². The Morgan fingerprint density at radius 2 is 1.85 bits per heavy atom. The highest BCUT2D eigenvalue weighted by molar-refractivity contribution is 5.94. The number of rotatable bonds is 5. The van der Waals surface area contributed by atoms with E-state index in [1.165, 1.54) is 0 Å². The molecule has 0 radical (unpaired) electrons. The highest BCUT2D eigenvalue weighted by Crippen LogP contribution is 2.41. The number of carbonyl (C=O) groups is 1. The molecule has 0 N–H and O–H groups in total. The van der Waals surface area contributed by atoms with E-state index in [0.29, 0.717) is 36.8 Å². The van der Waals surface area contributed by atoms with Crippen LogP contribution < -0.4 is 18.9 Å².